The summed E-state index contributed by atoms with van der Waals surface area (Å²) < 4.78 is 5.58. The zero-order valence-electron chi connectivity index (χ0n) is 13.3. The Balaban J connectivity index is 1.56. The minimum absolute atomic E-state index is 0.109. The summed E-state index contributed by atoms with van der Waals surface area (Å²) in [5, 5.41) is 5.27. The number of thiophene rings is 1. The Kier molecular flexibility index (Phi) is 5.50. The Morgan fingerprint density at radius 3 is 3.05 bits per heavy atom. The van der Waals surface area contributed by atoms with E-state index in [1.807, 2.05) is 0 Å². The summed E-state index contributed by atoms with van der Waals surface area (Å²) in [7, 11) is 0. The van der Waals surface area contributed by atoms with Crippen LogP contribution < -0.4 is 5.32 Å². The van der Waals surface area contributed by atoms with Gasteiger partial charge in [0.25, 0.3) is 0 Å². The number of hydrogen-bond acceptors (Lipinski definition) is 4. The number of nitrogens with zero attached hydrogens (tertiary/aromatic N) is 1. The molecule has 2 heterocycles. The normalized spacial score (nSPS) is 25.2. The van der Waals surface area contributed by atoms with Crippen molar-refractivity contribution in [3.8, 4) is 0 Å². The number of morpholine rings is 1. The molecule has 0 radical (unpaired) electrons. The fourth-order valence-corrected chi connectivity index (χ4v) is 4.47. The summed E-state index contributed by atoms with van der Waals surface area (Å²) in [6, 6.07) is 4.82. The van der Waals surface area contributed by atoms with Crippen LogP contribution in [0.25, 0.3) is 0 Å². The third-order valence-corrected chi connectivity index (χ3v) is 5.64. The Hall–Kier alpha value is -0.910. The van der Waals surface area contributed by atoms with Crippen LogP contribution in [-0.2, 0) is 16.0 Å². The molecule has 1 N–H and O–H groups in total. The van der Waals surface area contributed by atoms with Gasteiger partial charge in [-0.1, -0.05) is 18.9 Å². The molecule has 1 saturated carbocycles. The summed E-state index contributed by atoms with van der Waals surface area (Å²) in [6.45, 7) is 4.27. The van der Waals surface area contributed by atoms with Crippen molar-refractivity contribution in [3.63, 3.8) is 0 Å². The van der Waals surface area contributed by atoms with Crippen LogP contribution in [0.5, 0.6) is 0 Å². The highest BCUT2D eigenvalue weighted by molar-refractivity contribution is 7.09. The molecule has 0 aromatic carbocycles. The Morgan fingerprint density at radius 2 is 2.32 bits per heavy atom. The van der Waals surface area contributed by atoms with Gasteiger partial charge in [-0.3, -0.25) is 9.69 Å². The topological polar surface area (TPSA) is 41.6 Å². The van der Waals surface area contributed by atoms with Gasteiger partial charge in [0.1, 0.15) is 6.04 Å². The first-order chi connectivity index (χ1) is 10.7. The molecule has 1 amide bonds. The molecule has 0 spiro atoms. The van der Waals surface area contributed by atoms with Crippen molar-refractivity contribution in [1.82, 2.24) is 10.2 Å². The van der Waals surface area contributed by atoms with Crippen molar-refractivity contribution in [1.29, 1.82) is 0 Å². The van der Waals surface area contributed by atoms with E-state index in [4.69, 9.17) is 4.74 Å². The van der Waals surface area contributed by atoms with Crippen LogP contribution in [0.15, 0.2) is 17.5 Å². The molecule has 0 bridgehead atoms. The largest absolute Gasteiger partial charge is 0.378 e. The lowest BCUT2D eigenvalue weighted by Gasteiger charge is -2.39. The molecular weight excluding hydrogens is 296 g/mol. The highest BCUT2D eigenvalue weighted by Crippen LogP contribution is 2.26. The van der Waals surface area contributed by atoms with Gasteiger partial charge in [-0.15, -0.1) is 11.3 Å². The highest BCUT2D eigenvalue weighted by Gasteiger charge is 2.35. The molecule has 3 rings (SSSR count). The Bertz CT molecular complexity index is 471. The number of ether oxygens (including phenoxy) is 1. The smallest absolute Gasteiger partial charge is 0.239 e. The number of nitrogens with one attached hydrogen (secondary N) is 1. The van der Waals surface area contributed by atoms with E-state index in [1.165, 1.54) is 30.6 Å². The molecule has 0 unspecified atom stereocenters. The van der Waals surface area contributed by atoms with Crippen LogP contribution >= 0.6 is 11.3 Å². The van der Waals surface area contributed by atoms with Crippen LogP contribution in [0, 0.1) is 0 Å². The van der Waals surface area contributed by atoms with Gasteiger partial charge in [0.05, 0.1) is 13.2 Å². The van der Waals surface area contributed by atoms with Gasteiger partial charge in [-0.05, 0) is 31.2 Å². The minimum atomic E-state index is -0.109. The van der Waals surface area contributed by atoms with E-state index >= 15 is 0 Å². The van der Waals surface area contributed by atoms with E-state index in [9.17, 15) is 4.79 Å². The standard InChI is InChI=1S/C17H26N2O2S/c1-13(11-15-7-4-10-22-15)18-17(20)16-12-21-9-8-19(16)14-5-2-3-6-14/h4,7,10,13-14,16H,2-3,5-6,8-9,11-12H2,1H3,(H,18,20)/t13-,16+/m0/s1. The lowest BCUT2D eigenvalue weighted by molar-refractivity contribution is -0.135. The molecule has 5 heteroatoms. The van der Waals surface area contributed by atoms with E-state index in [2.05, 4.69) is 34.7 Å². The van der Waals surface area contributed by atoms with Crippen molar-refractivity contribution >= 4 is 17.2 Å². The van der Waals surface area contributed by atoms with Crippen LogP contribution in [0.2, 0.25) is 0 Å². The second-order valence-electron chi connectivity index (χ2n) is 6.46. The van der Waals surface area contributed by atoms with Crippen LogP contribution in [-0.4, -0.2) is 48.7 Å². The number of carbonyl (C=O) groups is 1. The second kappa shape index (κ2) is 7.57. The van der Waals surface area contributed by atoms with Crippen LogP contribution in [0.4, 0.5) is 0 Å². The van der Waals surface area contributed by atoms with Gasteiger partial charge in [-0.2, -0.15) is 0 Å². The Morgan fingerprint density at radius 1 is 1.50 bits per heavy atom. The molecule has 122 valence electrons. The molecule has 1 aromatic rings. The molecule has 2 fully saturated rings. The molecule has 1 saturated heterocycles. The highest BCUT2D eigenvalue weighted by atomic mass is 32.1. The van der Waals surface area contributed by atoms with E-state index in [0.717, 1.165) is 19.6 Å². The van der Waals surface area contributed by atoms with E-state index in [0.29, 0.717) is 12.6 Å². The molecule has 22 heavy (non-hydrogen) atoms. The number of amides is 1. The summed E-state index contributed by atoms with van der Waals surface area (Å²) >= 11 is 1.75. The predicted octanol–water partition coefficient (Wildman–Crippen LogP) is 2.44. The first-order valence-electron chi connectivity index (χ1n) is 8.40. The van der Waals surface area contributed by atoms with Crippen molar-refractivity contribution in [3.05, 3.63) is 22.4 Å². The summed E-state index contributed by atoms with van der Waals surface area (Å²) in [5.74, 6) is 0.135. The van der Waals surface area contributed by atoms with Crippen molar-refractivity contribution < 1.29 is 9.53 Å². The van der Waals surface area contributed by atoms with E-state index in [-0.39, 0.29) is 18.0 Å². The third-order valence-electron chi connectivity index (χ3n) is 4.74. The van der Waals surface area contributed by atoms with Gasteiger partial charge >= 0.3 is 0 Å². The quantitative estimate of drug-likeness (QED) is 0.905. The maximum atomic E-state index is 12.7. The van der Waals surface area contributed by atoms with Gasteiger partial charge in [0.2, 0.25) is 5.91 Å². The summed E-state index contributed by atoms with van der Waals surface area (Å²) in [6.07, 6.45) is 5.96. The van der Waals surface area contributed by atoms with Gasteiger partial charge in [0.15, 0.2) is 0 Å². The first-order valence-corrected chi connectivity index (χ1v) is 9.28. The van der Waals surface area contributed by atoms with Gasteiger partial charge in [-0.25, -0.2) is 0 Å². The third kappa shape index (κ3) is 3.89. The second-order valence-corrected chi connectivity index (χ2v) is 7.49. The first kappa shape index (κ1) is 16.0. The molecule has 2 atom stereocenters. The molecule has 2 aliphatic rings. The number of hydrogen-bond donors (Lipinski definition) is 1. The fourth-order valence-electron chi connectivity index (χ4n) is 3.64. The van der Waals surface area contributed by atoms with Gasteiger partial charge in [0, 0.05) is 29.9 Å². The van der Waals surface area contributed by atoms with Crippen LogP contribution in [0.3, 0.4) is 0 Å². The number of carbonyl (C=O) groups excluding carboxylic acids is 1. The summed E-state index contributed by atoms with van der Waals surface area (Å²) in [4.78, 5) is 16.4. The fraction of sp³-hybridized carbons (Fsp3) is 0.706. The molecule has 4 nitrogen and oxygen atoms in total. The number of rotatable bonds is 5. The van der Waals surface area contributed by atoms with Gasteiger partial charge < -0.3 is 10.1 Å². The minimum Gasteiger partial charge on any atom is -0.378 e. The van der Waals surface area contributed by atoms with Crippen LogP contribution in [0.1, 0.15) is 37.5 Å². The average Bonchev–Trinajstić information content (AvgIpc) is 3.20. The predicted molar refractivity (Wildman–Crippen MR) is 89.2 cm³/mol. The SMILES string of the molecule is C[C@@H](Cc1cccs1)NC(=O)[C@H]1COCCN1C1CCCC1. The zero-order valence-corrected chi connectivity index (χ0v) is 14.1. The maximum Gasteiger partial charge on any atom is 0.239 e. The molecule has 1 aliphatic carbocycles. The molecule has 1 aromatic heterocycles. The Labute approximate surface area is 136 Å². The van der Waals surface area contributed by atoms with Crippen molar-refractivity contribution in [2.24, 2.45) is 0 Å². The lowest BCUT2D eigenvalue weighted by Crippen LogP contribution is -2.57. The monoisotopic (exact) mass is 322 g/mol. The van der Waals surface area contributed by atoms with Crippen molar-refractivity contribution in [2.45, 2.75) is 57.2 Å². The molecule has 1 aliphatic heterocycles. The average molecular weight is 322 g/mol. The molecular formula is C17H26N2O2S. The lowest BCUT2D eigenvalue weighted by atomic mass is 10.1. The van der Waals surface area contributed by atoms with E-state index < -0.39 is 0 Å². The summed E-state index contributed by atoms with van der Waals surface area (Å²) in [5.41, 5.74) is 0. The maximum absolute atomic E-state index is 12.7. The van der Waals surface area contributed by atoms with E-state index in [1.54, 1.807) is 11.3 Å². The van der Waals surface area contributed by atoms with Crippen molar-refractivity contribution in [2.75, 3.05) is 19.8 Å². The zero-order chi connectivity index (χ0) is 15.4.